The van der Waals surface area contributed by atoms with Crippen LogP contribution in [0.1, 0.15) is 28.5 Å². The van der Waals surface area contributed by atoms with Gasteiger partial charge in [0, 0.05) is 17.7 Å². The van der Waals surface area contributed by atoms with Crippen molar-refractivity contribution in [3.8, 4) is 11.4 Å². The number of aromatic amines is 1. The molecule has 31 heavy (non-hydrogen) atoms. The molecule has 162 valence electrons. The van der Waals surface area contributed by atoms with E-state index in [0.717, 1.165) is 22.9 Å². The zero-order valence-electron chi connectivity index (χ0n) is 16.0. The van der Waals surface area contributed by atoms with Gasteiger partial charge in [0.25, 0.3) is 11.5 Å². The molecule has 0 fully saturated rings. The summed E-state index contributed by atoms with van der Waals surface area (Å²) < 4.78 is 33.7. The number of aromatic nitrogens is 2. The van der Waals surface area contributed by atoms with Crippen LogP contribution < -0.4 is 15.6 Å². The molecular formula is C20H16ClF2N3O5. The van der Waals surface area contributed by atoms with E-state index in [0.29, 0.717) is 0 Å². The van der Waals surface area contributed by atoms with Crippen molar-refractivity contribution in [3.05, 3.63) is 80.7 Å². The molecular weight excluding hydrogens is 436 g/mol. The number of benzene rings is 2. The van der Waals surface area contributed by atoms with E-state index in [-0.39, 0.29) is 27.7 Å². The number of H-pyrrole nitrogens is 1. The first-order valence-corrected chi connectivity index (χ1v) is 9.21. The number of methoxy groups -OCH3 is 1. The zero-order chi connectivity index (χ0) is 22.7. The number of nitrogens with zero attached hydrogens (tertiary/aromatic N) is 1. The molecule has 1 atom stereocenters. The normalized spacial score (nSPS) is 11.7. The number of carboxylic acids is 1. The Kier molecular flexibility index (Phi) is 6.40. The van der Waals surface area contributed by atoms with Crippen molar-refractivity contribution in [3.63, 3.8) is 0 Å². The molecule has 1 aromatic heterocycles. The van der Waals surface area contributed by atoms with E-state index >= 15 is 0 Å². The Hall–Kier alpha value is -3.66. The van der Waals surface area contributed by atoms with E-state index in [1.54, 1.807) is 0 Å². The van der Waals surface area contributed by atoms with Crippen LogP contribution in [0.15, 0.2) is 47.3 Å². The Morgan fingerprint density at radius 1 is 1.19 bits per heavy atom. The maximum atomic E-state index is 14.4. The van der Waals surface area contributed by atoms with Gasteiger partial charge >= 0.3 is 5.97 Å². The molecule has 0 radical (unpaired) electrons. The minimum Gasteiger partial charge on any atom is -0.497 e. The molecule has 2 aromatic carbocycles. The molecule has 8 nitrogen and oxygen atoms in total. The number of amides is 1. The molecule has 3 rings (SSSR count). The van der Waals surface area contributed by atoms with Crippen LogP contribution in [-0.4, -0.2) is 33.9 Å². The van der Waals surface area contributed by atoms with Crippen molar-refractivity contribution < 1.29 is 28.2 Å². The van der Waals surface area contributed by atoms with E-state index < -0.39 is 41.5 Å². The number of carbonyl (C=O) groups is 2. The average molecular weight is 452 g/mol. The third-order valence-electron chi connectivity index (χ3n) is 4.39. The lowest BCUT2D eigenvalue weighted by Gasteiger charge is -2.18. The lowest BCUT2D eigenvalue weighted by atomic mass is 10.0. The van der Waals surface area contributed by atoms with E-state index in [4.69, 9.17) is 21.4 Å². The summed E-state index contributed by atoms with van der Waals surface area (Å²) in [6.07, 6.45) is -0.604. The first-order chi connectivity index (χ1) is 14.7. The van der Waals surface area contributed by atoms with E-state index in [1.807, 2.05) is 0 Å². The van der Waals surface area contributed by atoms with Crippen molar-refractivity contribution in [2.24, 2.45) is 0 Å². The number of hydrogen-bond donors (Lipinski definition) is 3. The maximum absolute atomic E-state index is 14.4. The van der Waals surface area contributed by atoms with Gasteiger partial charge in [0.1, 0.15) is 23.1 Å². The summed E-state index contributed by atoms with van der Waals surface area (Å²) in [4.78, 5) is 36.1. The molecule has 0 aliphatic carbocycles. The van der Waals surface area contributed by atoms with Crippen molar-refractivity contribution in [2.75, 3.05) is 7.11 Å². The van der Waals surface area contributed by atoms with Gasteiger partial charge in [-0.05, 0) is 24.3 Å². The Morgan fingerprint density at radius 2 is 1.94 bits per heavy atom. The SMILES string of the molecule is COc1ccc(C(CC(=O)O)NC(=O)c2cc(=O)n(-c3ccc(F)c(Cl)c3)[nH]2)c(F)c1. The van der Waals surface area contributed by atoms with Gasteiger partial charge in [-0.3, -0.25) is 19.5 Å². The Morgan fingerprint density at radius 3 is 2.55 bits per heavy atom. The molecule has 11 heteroatoms. The number of aliphatic carboxylic acids is 1. The summed E-state index contributed by atoms with van der Waals surface area (Å²) in [5.41, 5.74) is -0.740. The summed E-state index contributed by atoms with van der Waals surface area (Å²) in [5, 5.41) is 13.9. The van der Waals surface area contributed by atoms with Crippen molar-refractivity contribution >= 4 is 23.5 Å². The standard InChI is InChI=1S/C20H16ClF2N3O5/c1-31-11-3-4-12(15(23)7-11)16(9-19(28)29)24-20(30)17-8-18(27)26(25-17)10-2-5-14(22)13(21)6-10/h2-8,16,25H,9H2,1H3,(H,24,30)(H,28,29). The zero-order valence-corrected chi connectivity index (χ0v) is 16.7. The molecule has 1 unspecified atom stereocenters. The predicted octanol–water partition coefficient (Wildman–Crippen LogP) is 3.05. The highest BCUT2D eigenvalue weighted by atomic mass is 35.5. The second kappa shape index (κ2) is 9.00. The van der Waals surface area contributed by atoms with Crippen LogP contribution in [0.2, 0.25) is 5.02 Å². The quantitative estimate of drug-likeness (QED) is 0.511. The summed E-state index contributed by atoms with van der Waals surface area (Å²) >= 11 is 5.72. The fourth-order valence-corrected chi connectivity index (χ4v) is 3.07. The van der Waals surface area contributed by atoms with Crippen LogP contribution in [-0.2, 0) is 4.79 Å². The highest BCUT2D eigenvalue weighted by molar-refractivity contribution is 6.30. The van der Waals surface area contributed by atoms with Crippen LogP contribution >= 0.6 is 11.6 Å². The summed E-state index contributed by atoms with van der Waals surface area (Å²) in [5.74, 6) is -3.34. The molecule has 0 aliphatic heterocycles. The third-order valence-corrected chi connectivity index (χ3v) is 4.68. The summed E-state index contributed by atoms with van der Waals surface area (Å²) in [6, 6.07) is 7.06. The van der Waals surface area contributed by atoms with Crippen LogP contribution in [0, 0.1) is 11.6 Å². The number of rotatable bonds is 7. The molecule has 0 bridgehead atoms. The lowest BCUT2D eigenvalue weighted by molar-refractivity contribution is -0.137. The fraction of sp³-hybridized carbons (Fsp3) is 0.150. The van der Waals surface area contributed by atoms with Gasteiger partial charge in [0.05, 0.1) is 30.3 Å². The average Bonchev–Trinajstić information content (AvgIpc) is 3.11. The lowest BCUT2D eigenvalue weighted by Crippen LogP contribution is -2.31. The first kappa shape index (κ1) is 22.0. The second-order valence-electron chi connectivity index (χ2n) is 6.45. The van der Waals surface area contributed by atoms with Crippen LogP contribution in [0.3, 0.4) is 0 Å². The number of halogens is 3. The number of carbonyl (C=O) groups excluding carboxylic acids is 1. The number of hydrogen-bond acceptors (Lipinski definition) is 4. The van der Waals surface area contributed by atoms with Crippen molar-refractivity contribution in [1.29, 1.82) is 0 Å². The Balaban J connectivity index is 1.89. The minimum atomic E-state index is -1.27. The van der Waals surface area contributed by atoms with E-state index in [9.17, 15) is 23.2 Å². The monoisotopic (exact) mass is 451 g/mol. The van der Waals surface area contributed by atoms with Crippen LogP contribution in [0.25, 0.3) is 5.69 Å². The predicted molar refractivity (Wildman–Crippen MR) is 107 cm³/mol. The first-order valence-electron chi connectivity index (χ1n) is 8.83. The Labute approximate surface area is 179 Å². The second-order valence-corrected chi connectivity index (χ2v) is 6.86. The van der Waals surface area contributed by atoms with Gasteiger partial charge in [-0.25, -0.2) is 13.5 Å². The van der Waals surface area contributed by atoms with E-state index in [1.165, 1.54) is 31.4 Å². The number of carboxylic acid groups (broad SMARTS) is 1. The highest BCUT2D eigenvalue weighted by Crippen LogP contribution is 2.25. The minimum absolute atomic E-state index is 0.0661. The number of nitrogens with one attached hydrogen (secondary N) is 2. The largest absolute Gasteiger partial charge is 0.497 e. The van der Waals surface area contributed by atoms with Gasteiger partial charge in [-0.15, -0.1) is 0 Å². The molecule has 0 saturated carbocycles. The molecule has 3 aromatic rings. The molecule has 0 aliphatic rings. The fourth-order valence-electron chi connectivity index (χ4n) is 2.89. The van der Waals surface area contributed by atoms with Gasteiger partial charge < -0.3 is 15.2 Å². The molecule has 1 amide bonds. The van der Waals surface area contributed by atoms with Gasteiger partial charge in [-0.2, -0.15) is 0 Å². The van der Waals surface area contributed by atoms with Gasteiger partial charge in [0.2, 0.25) is 0 Å². The van der Waals surface area contributed by atoms with E-state index in [2.05, 4.69) is 10.4 Å². The summed E-state index contributed by atoms with van der Waals surface area (Å²) in [6.45, 7) is 0. The topological polar surface area (TPSA) is 113 Å². The maximum Gasteiger partial charge on any atom is 0.305 e. The van der Waals surface area contributed by atoms with Gasteiger partial charge in [-0.1, -0.05) is 17.7 Å². The van der Waals surface area contributed by atoms with Crippen molar-refractivity contribution in [1.82, 2.24) is 15.1 Å². The third kappa shape index (κ3) is 4.92. The summed E-state index contributed by atoms with van der Waals surface area (Å²) in [7, 11) is 1.35. The van der Waals surface area contributed by atoms with Gasteiger partial charge in [0.15, 0.2) is 0 Å². The molecule has 0 saturated heterocycles. The van der Waals surface area contributed by atoms with Crippen LogP contribution in [0.5, 0.6) is 5.75 Å². The highest BCUT2D eigenvalue weighted by Gasteiger charge is 2.23. The molecule has 0 spiro atoms. The smallest absolute Gasteiger partial charge is 0.305 e. The molecule has 3 N–H and O–H groups in total. The van der Waals surface area contributed by atoms with Crippen LogP contribution in [0.4, 0.5) is 8.78 Å². The Bertz CT molecular complexity index is 1210. The van der Waals surface area contributed by atoms with Crippen molar-refractivity contribution in [2.45, 2.75) is 12.5 Å². The molecule has 1 heterocycles. The number of ether oxygens (including phenoxy) is 1.